The van der Waals surface area contributed by atoms with Crippen molar-refractivity contribution in [1.29, 1.82) is 5.26 Å². The Morgan fingerprint density at radius 1 is 1.09 bits per heavy atom. The average molecular weight is 302 g/mol. The lowest BCUT2D eigenvalue weighted by Crippen LogP contribution is -2.14. The second kappa shape index (κ2) is 7.77. The van der Waals surface area contributed by atoms with Crippen molar-refractivity contribution in [2.75, 3.05) is 5.32 Å². The molecule has 0 saturated heterocycles. The third-order valence-electron chi connectivity index (χ3n) is 3.32. The van der Waals surface area contributed by atoms with Gasteiger partial charge in [-0.2, -0.15) is 5.26 Å². The number of hydrogen-bond donors (Lipinski definition) is 1. The van der Waals surface area contributed by atoms with Crippen LogP contribution in [0.4, 0.5) is 5.69 Å². The SMILES string of the molecule is CC(=Cc1ccccc1)C=C(C#N)C(=O)Nc1ccccc1C. The number of amides is 1. The van der Waals surface area contributed by atoms with Crippen molar-refractivity contribution in [3.63, 3.8) is 0 Å². The molecule has 0 unspecified atom stereocenters. The molecule has 0 aliphatic rings. The Kier molecular flexibility index (Phi) is 5.49. The van der Waals surface area contributed by atoms with E-state index in [4.69, 9.17) is 0 Å². The van der Waals surface area contributed by atoms with E-state index in [9.17, 15) is 10.1 Å². The van der Waals surface area contributed by atoms with E-state index >= 15 is 0 Å². The number of carbonyl (C=O) groups excluding carboxylic acids is 1. The Hall–Kier alpha value is -3.12. The van der Waals surface area contributed by atoms with Crippen molar-refractivity contribution in [1.82, 2.24) is 0 Å². The molecule has 0 radical (unpaired) electrons. The average Bonchev–Trinajstić information content (AvgIpc) is 2.55. The molecule has 0 spiro atoms. The maximum Gasteiger partial charge on any atom is 0.266 e. The summed E-state index contributed by atoms with van der Waals surface area (Å²) in [6, 6.07) is 19.2. The van der Waals surface area contributed by atoms with E-state index in [1.54, 1.807) is 6.08 Å². The first kappa shape index (κ1) is 16.3. The summed E-state index contributed by atoms with van der Waals surface area (Å²) < 4.78 is 0. The highest BCUT2D eigenvalue weighted by Crippen LogP contribution is 2.15. The van der Waals surface area contributed by atoms with Gasteiger partial charge in [-0.3, -0.25) is 4.79 Å². The number of aryl methyl sites for hydroxylation is 1. The zero-order valence-electron chi connectivity index (χ0n) is 13.2. The lowest BCUT2D eigenvalue weighted by atomic mass is 10.1. The quantitative estimate of drug-likeness (QED) is 0.514. The number of para-hydroxylation sites is 1. The number of nitriles is 1. The zero-order valence-corrected chi connectivity index (χ0v) is 13.2. The van der Waals surface area contributed by atoms with Gasteiger partial charge in [-0.1, -0.05) is 54.6 Å². The van der Waals surface area contributed by atoms with Crippen LogP contribution in [0.1, 0.15) is 18.1 Å². The van der Waals surface area contributed by atoms with Gasteiger partial charge in [0.25, 0.3) is 5.91 Å². The van der Waals surface area contributed by atoms with Crippen molar-refractivity contribution in [3.05, 3.63) is 82.9 Å². The van der Waals surface area contributed by atoms with E-state index in [0.717, 1.165) is 16.7 Å². The molecule has 0 saturated carbocycles. The second-order valence-corrected chi connectivity index (χ2v) is 5.24. The van der Waals surface area contributed by atoms with Gasteiger partial charge in [0, 0.05) is 5.69 Å². The second-order valence-electron chi connectivity index (χ2n) is 5.24. The Morgan fingerprint density at radius 2 is 1.74 bits per heavy atom. The highest BCUT2D eigenvalue weighted by molar-refractivity contribution is 6.07. The first-order valence-electron chi connectivity index (χ1n) is 7.32. The van der Waals surface area contributed by atoms with Crippen LogP contribution in [0.15, 0.2) is 71.8 Å². The van der Waals surface area contributed by atoms with Gasteiger partial charge in [0.15, 0.2) is 0 Å². The van der Waals surface area contributed by atoms with E-state index in [2.05, 4.69) is 5.32 Å². The fraction of sp³-hybridized carbons (Fsp3) is 0.100. The fourth-order valence-corrected chi connectivity index (χ4v) is 2.13. The first-order valence-corrected chi connectivity index (χ1v) is 7.32. The topological polar surface area (TPSA) is 52.9 Å². The van der Waals surface area contributed by atoms with Crippen molar-refractivity contribution in [3.8, 4) is 6.07 Å². The third kappa shape index (κ3) is 4.69. The minimum atomic E-state index is -0.400. The zero-order chi connectivity index (χ0) is 16.7. The number of nitrogens with zero attached hydrogens (tertiary/aromatic N) is 1. The largest absolute Gasteiger partial charge is 0.321 e. The molecule has 0 aliphatic carbocycles. The van der Waals surface area contributed by atoms with E-state index in [0.29, 0.717) is 5.69 Å². The molecule has 2 rings (SSSR count). The molecule has 1 amide bonds. The summed E-state index contributed by atoms with van der Waals surface area (Å²) in [6.45, 7) is 3.78. The molecular weight excluding hydrogens is 284 g/mol. The van der Waals surface area contributed by atoms with E-state index in [-0.39, 0.29) is 5.57 Å². The monoisotopic (exact) mass is 302 g/mol. The molecule has 2 aromatic rings. The Bertz CT molecular complexity index is 796. The van der Waals surface area contributed by atoms with Gasteiger partial charge in [0.1, 0.15) is 11.6 Å². The first-order chi connectivity index (χ1) is 11.1. The minimum absolute atomic E-state index is 0.0814. The van der Waals surface area contributed by atoms with Crippen LogP contribution in [0, 0.1) is 18.3 Å². The third-order valence-corrected chi connectivity index (χ3v) is 3.32. The van der Waals surface area contributed by atoms with Gasteiger partial charge in [-0.15, -0.1) is 0 Å². The molecule has 2 aromatic carbocycles. The Morgan fingerprint density at radius 3 is 2.39 bits per heavy atom. The Balaban J connectivity index is 2.19. The summed E-state index contributed by atoms with van der Waals surface area (Å²) in [6.07, 6.45) is 3.53. The molecule has 0 aromatic heterocycles. The molecule has 3 nitrogen and oxygen atoms in total. The minimum Gasteiger partial charge on any atom is -0.321 e. The molecule has 1 N–H and O–H groups in total. The van der Waals surface area contributed by atoms with Gasteiger partial charge in [0.05, 0.1) is 0 Å². The highest BCUT2D eigenvalue weighted by Gasteiger charge is 2.10. The lowest BCUT2D eigenvalue weighted by Gasteiger charge is -2.07. The Labute approximate surface area is 136 Å². The highest BCUT2D eigenvalue weighted by atomic mass is 16.1. The smallest absolute Gasteiger partial charge is 0.266 e. The predicted octanol–water partition coefficient (Wildman–Crippen LogP) is 4.49. The van der Waals surface area contributed by atoms with Gasteiger partial charge < -0.3 is 5.32 Å². The predicted molar refractivity (Wildman–Crippen MR) is 93.6 cm³/mol. The van der Waals surface area contributed by atoms with Gasteiger partial charge in [-0.25, -0.2) is 0 Å². The van der Waals surface area contributed by atoms with Crippen molar-refractivity contribution < 1.29 is 4.79 Å². The van der Waals surface area contributed by atoms with Crippen LogP contribution in [0.2, 0.25) is 0 Å². The maximum absolute atomic E-state index is 12.3. The molecular formula is C20H18N2O. The van der Waals surface area contributed by atoms with Crippen LogP contribution in [-0.4, -0.2) is 5.91 Å². The van der Waals surface area contributed by atoms with Crippen LogP contribution >= 0.6 is 0 Å². The fourth-order valence-electron chi connectivity index (χ4n) is 2.13. The molecule has 0 fully saturated rings. The van der Waals surface area contributed by atoms with E-state index in [1.165, 1.54) is 0 Å². The number of carbonyl (C=O) groups is 1. The van der Waals surface area contributed by atoms with Crippen molar-refractivity contribution in [2.24, 2.45) is 0 Å². The summed E-state index contributed by atoms with van der Waals surface area (Å²) in [5.41, 5.74) is 3.61. The van der Waals surface area contributed by atoms with Crippen molar-refractivity contribution >= 4 is 17.7 Å². The van der Waals surface area contributed by atoms with E-state index < -0.39 is 5.91 Å². The van der Waals surface area contributed by atoms with Crippen LogP contribution in [0.25, 0.3) is 6.08 Å². The van der Waals surface area contributed by atoms with Gasteiger partial charge >= 0.3 is 0 Å². The number of anilines is 1. The normalized spacial score (nSPS) is 11.7. The number of rotatable bonds is 4. The van der Waals surface area contributed by atoms with Crippen LogP contribution in [0.5, 0.6) is 0 Å². The summed E-state index contributed by atoms with van der Waals surface area (Å²) in [5, 5.41) is 12.0. The lowest BCUT2D eigenvalue weighted by molar-refractivity contribution is -0.112. The summed E-state index contributed by atoms with van der Waals surface area (Å²) in [7, 11) is 0. The molecule has 0 heterocycles. The summed E-state index contributed by atoms with van der Waals surface area (Å²) in [4.78, 5) is 12.3. The number of hydrogen-bond acceptors (Lipinski definition) is 2. The number of benzene rings is 2. The molecule has 3 heteroatoms. The molecule has 0 bridgehead atoms. The maximum atomic E-state index is 12.3. The van der Waals surface area contributed by atoms with Gasteiger partial charge in [-0.05, 0) is 42.7 Å². The van der Waals surface area contributed by atoms with Crippen LogP contribution < -0.4 is 5.32 Å². The standard InChI is InChI=1S/C20H18N2O/c1-15(12-17-9-4-3-5-10-17)13-18(14-21)20(23)22-19-11-7-6-8-16(19)2/h3-13H,1-2H3,(H,22,23). The molecule has 0 atom stereocenters. The summed E-state index contributed by atoms with van der Waals surface area (Å²) in [5.74, 6) is -0.400. The summed E-state index contributed by atoms with van der Waals surface area (Å²) >= 11 is 0. The van der Waals surface area contributed by atoms with E-state index in [1.807, 2.05) is 80.6 Å². The van der Waals surface area contributed by atoms with Crippen LogP contribution in [0.3, 0.4) is 0 Å². The number of allylic oxidation sites excluding steroid dienone is 2. The molecule has 23 heavy (non-hydrogen) atoms. The van der Waals surface area contributed by atoms with Gasteiger partial charge in [0.2, 0.25) is 0 Å². The molecule has 114 valence electrons. The molecule has 0 aliphatic heterocycles. The number of nitrogens with one attached hydrogen (secondary N) is 1. The van der Waals surface area contributed by atoms with Crippen LogP contribution in [-0.2, 0) is 4.79 Å². The van der Waals surface area contributed by atoms with Crippen molar-refractivity contribution in [2.45, 2.75) is 13.8 Å².